The van der Waals surface area contributed by atoms with Gasteiger partial charge in [0.25, 0.3) is 0 Å². The smallest absolute Gasteiger partial charge is 0.148 e. The molecule has 3 heteroatoms. The van der Waals surface area contributed by atoms with Gasteiger partial charge in [-0.3, -0.25) is 0 Å². The molecule has 1 aromatic carbocycles. The van der Waals surface area contributed by atoms with Gasteiger partial charge in [0.05, 0.1) is 5.69 Å². The molecule has 70 valence electrons. The van der Waals surface area contributed by atoms with Crippen LogP contribution in [-0.2, 0) is 0 Å². The third-order valence-corrected chi connectivity index (χ3v) is 1.57. The molecule has 2 nitrogen and oxygen atoms in total. The predicted octanol–water partition coefficient (Wildman–Crippen LogP) is 2.40. The van der Waals surface area contributed by atoms with Gasteiger partial charge in [-0.1, -0.05) is 12.2 Å². The highest BCUT2D eigenvalue weighted by molar-refractivity contribution is 5.53. The number of benzene rings is 1. The van der Waals surface area contributed by atoms with Gasteiger partial charge in [0.2, 0.25) is 0 Å². The van der Waals surface area contributed by atoms with Crippen molar-refractivity contribution >= 4 is 11.4 Å². The lowest BCUT2D eigenvalue weighted by Gasteiger charge is -2.07. The summed E-state index contributed by atoms with van der Waals surface area (Å²) in [5.41, 5.74) is 7.24. The number of anilines is 2. The Hall–Kier alpha value is -1.51. The summed E-state index contributed by atoms with van der Waals surface area (Å²) >= 11 is 0. The molecule has 3 N–H and O–H groups in total. The molecule has 0 fully saturated rings. The molecule has 0 aliphatic rings. The fourth-order valence-electron chi connectivity index (χ4n) is 0.921. The van der Waals surface area contributed by atoms with Crippen LogP contribution >= 0.6 is 0 Å². The van der Waals surface area contributed by atoms with E-state index >= 15 is 0 Å². The Labute approximate surface area is 77.3 Å². The molecule has 0 amide bonds. The van der Waals surface area contributed by atoms with Gasteiger partial charge in [-0.2, -0.15) is 0 Å². The summed E-state index contributed by atoms with van der Waals surface area (Å²) in [6.45, 7) is 6.16. The average Bonchev–Trinajstić information content (AvgIpc) is 2.02. The minimum absolute atomic E-state index is 0.332. The van der Waals surface area contributed by atoms with E-state index in [9.17, 15) is 4.39 Å². The molecule has 0 heterocycles. The van der Waals surface area contributed by atoms with Crippen LogP contribution in [0.4, 0.5) is 15.8 Å². The van der Waals surface area contributed by atoms with Crippen molar-refractivity contribution in [2.24, 2.45) is 0 Å². The predicted molar refractivity (Wildman–Crippen MR) is 54.1 cm³/mol. The topological polar surface area (TPSA) is 38.0 Å². The van der Waals surface area contributed by atoms with E-state index in [1.54, 1.807) is 12.1 Å². The van der Waals surface area contributed by atoms with E-state index in [1.165, 1.54) is 6.07 Å². The third kappa shape index (κ3) is 2.78. The Kier molecular flexibility index (Phi) is 2.90. The number of nitrogens with two attached hydrogens (primary N) is 1. The molecule has 1 aromatic rings. The lowest BCUT2D eigenvalue weighted by atomic mass is 10.2. The van der Waals surface area contributed by atoms with Crippen LogP contribution in [0.1, 0.15) is 6.92 Å². The second kappa shape index (κ2) is 3.94. The molecule has 0 aliphatic heterocycles. The molecular formula is C10H13FN2. The van der Waals surface area contributed by atoms with E-state index in [4.69, 9.17) is 5.73 Å². The lowest BCUT2D eigenvalue weighted by molar-refractivity contribution is 0.631. The fraction of sp³-hybridized carbons (Fsp3) is 0.200. The highest BCUT2D eigenvalue weighted by Gasteiger charge is 2.00. The zero-order valence-electron chi connectivity index (χ0n) is 7.60. The first-order valence-electron chi connectivity index (χ1n) is 4.03. The van der Waals surface area contributed by atoms with Crippen molar-refractivity contribution in [2.45, 2.75) is 6.92 Å². The standard InChI is InChI=1S/C10H13FN2/c1-7(2)6-13-10-4-3-8(12)5-9(10)11/h3-5,13H,1,6,12H2,2H3. The summed E-state index contributed by atoms with van der Waals surface area (Å²) in [6.07, 6.45) is 0. The minimum Gasteiger partial charge on any atom is -0.399 e. The molecule has 0 aromatic heterocycles. The molecule has 1 rings (SSSR count). The number of rotatable bonds is 3. The molecule has 13 heavy (non-hydrogen) atoms. The van der Waals surface area contributed by atoms with Crippen molar-refractivity contribution in [3.63, 3.8) is 0 Å². The summed E-state index contributed by atoms with van der Waals surface area (Å²) in [7, 11) is 0. The number of hydrogen-bond acceptors (Lipinski definition) is 2. The number of nitrogens with one attached hydrogen (secondary N) is 1. The molecule has 0 saturated heterocycles. The van der Waals surface area contributed by atoms with Crippen LogP contribution in [0.5, 0.6) is 0 Å². The third-order valence-electron chi connectivity index (χ3n) is 1.57. The Bertz CT molecular complexity index is 321. The van der Waals surface area contributed by atoms with Gasteiger partial charge >= 0.3 is 0 Å². The van der Waals surface area contributed by atoms with E-state index in [2.05, 4.69) is 11.9 Å². The van der Waals surface area contributed by atoms with Gasteiger partial charge in [0.1, 0.15) is 5.82 Å². The van der Waals surface area contributed by atoms with Crippen LogP contribution in [0.25, 0.3) is 0 Å². The zero-order chi connectivity index (χ0) is 9.84. The van der Waals surface area contributed by atoms with Crippen LogP contribution in [0.2, 0.25) is 0 Å². The van der Waals surface area contributed by atoms with Crippen LogP contribution < -0.4 is 11.1 Å². The van der Waals surface area contributed by atoms with Gasteiger partial charge in [-0.05, 0) is 25.1 Å². The highest BCUT2D eigenvalue weighted by Crippen LogP contribution is 2.16. The van der Waals surface area contributed by atoms with Crippen LogP contribution in [0.3, 0.4) is 0 Å². The maximum atomic E-state index is 13.1. The van der Waals surface area contributed by atoms with Crippen molar-refractivity contribution in [3.8, 4) is 0 Å². The van der Waals surface area contributed by atoms with Crippen molar-refractivity contribution in [2.75, 3.05) is 17.6 Å². The molecule has 0 unspecified atom stereocenters. The highest BCUT2D eigenvalue weighted by atomic mass is 19.1. The van der Waals surface area contributed by atoms with E-state index in [-0.39, 0.29) is 5.82 Å². The summed E-state index contributed by atoms with van der Waals surface area (Å²) in [6, 6.07) is 4.57. The maximum Gasteiger partial charge on any atom is 0.148 e. The molecule has 0 saturated carbocycles. The molecule has 0 aliphatic carbocycles. The van der Waals surface area contributed by atoms with Crippen LogP contribution in [0.15, 0.2) is 30.4 Å². The monoisotopic (exact) mass is 180 g/mol. The first-order chi connectivity index (χ1) is 6.09. The summed E-state index contributed by atoms with van der Waals surface area (Å²) in [4.78, 5) is 0. The second-order valence-corrected chi connectivity index (χ2v) is 3.05. The summed E-state index contributed by atoms with van der Waals surface area (Å²) < 4.78 is 13.1. The normalized spacial score (nSPS) is 9.69. The second-order valence-electron chi connectivity index (χ2n) is 3.05. The SMILES string of the molecule is C=C(C)CNc1ccc(N)cc1F. The van der Waals surface area contributed by atoms with E-state index in [1.807, 2.05) is 6.92 Å². The Morgan fingerprint density at radius 2 is 2.31 bits per heavy atom. The van der Waals surface area contributed by atoms with Gasteiger partial charge < -0.3 is 11.1 Å². The van der Waals surface area contributed by atoms with E-state index < -0.39 is 0 Å². The minimum atomic E-state index is -0.332. The van der Waals surface area contributed by atoms with Crippen molar-refractivity contribution < 1.29 is 4.39 Å². The Morgan fingerprint density at radius 3 is 2.85 bits per heavy atom. The first-order valence-corrected chi connectivity index (χ1v) is 4.03. The van der Waals surface area contributed by atoms with Crippen molar-refractivity contribution in [1.29, 1.82) is 0 Å². The molecule has 0 radical (unpaired) electrons. The molecule has 0 spiro atoms. The number of hydrogen-bond donors (Lipinski definition) is 2. The first kappa shape index (κ1) is 9.58. The number of halogens is 1. The average molecular weight is 180 g/mol. The van der Waals surface area contributed by atoms with E-state index in [0.717, 1.165) is 5.57 Å². The number of nitrogen functional groups attached to an aromatic ring is 1. The molecule has 0 atom stereocenters. The quantitative estimate of drug-likeness (QED) is 0.553. The van der Waals surface area contributed by atoms with Gasteiger partial charge in [0.15, 0.2) is 0 Å². The maximum absolute atomic E-state index is 13.1. The van der Waals surface area contributed by atoms with Gasteiger partial charge in [-0.25, -0.2) is 4.39 Å². The lowest BCUT2D eigenvalue weighted by Crippen LogP contribution is -2.04. The zero-order valence-corrected chi connectivity index (χ0v) is 7.60. The summed E-state index contributed by atoms with van der Waals surface area (Å²) in [5, 5.41) is 2.91. The van der Waals surface area contributed by atoms with Crippen LogP contribution in [0, 0.1) is 5.82 Å². The fourth-order valence-corrected chi connectivity index (χ4v) is 0.921. The van der Waals surface area contributed by atoms with Crippen molar-refractivity contribution in [3.05, 3.63) is 36.2 Å². The Morgan fingerprint density at radius 1 is 1.62 bits per heavy atom. The summed E-state index contributed by atoms with van der Waals surface area (Å²) in [5.74, 6) is -0.332. The van der Waals surface area contributed by atoms with E-state index in [0.29, 0.717) is 17.9 Å². The molecular weight excluding hydrogens is 167 g/mol. The molecule has 0 bridgehead atoms. The van der Waals surface area contributed by atoms with Gasteiger partial charge in [-0.15, -0.1) is 0 Å². The van der Waals surface area contributed by atoms with Gasteiger partial charge in [0, 0.05) is 12.2 Å². The van der Waals surface area contributed by atoms with Crippen LogP contribution in [-0.4, -0.2) is 6.54 Å². The Balaban J connectivity index is 2.72. The largest absolute Gasteiger partial charge is 0.399 e. The van der Waals surface area contributed by atoms with Crippen molar-refractivity contribution in [1.82, 2.24) is 0 Å².